The van der Waals surface area contributed by atoms with E-state index in [1.807, 2.05) is 0 Å². The highest BCUT2D eigenvalue weighted by Crippen LogP contribution is 2.26. The quantitative estimate of drug-likeness (QED) is 0.843. The molecule has 0 radical (unpaired) electrons. The lowest BCUT2D eigenvalue weighted by atomic mass is 10.2. The molecule has 3 nitrogen and oxygen atoms in total. The third-order valence-corrected chi connectivity index (χ3v) is 3.53. The van der Waals surface area contributed by atoms with Crippen LogP contribution in [0.3, 0.4) is 0 Å². The molecule has 0 bridgehead atoms. The Morgan fingerprint density at radius 3 is 2.63 bits per heavy atom. The number of carbonyl (C=O) groups excluding carboxylic acids is 1. The second-order valence-electron chi connectivity index (χ2n) is 3.88. The Balaban J connectivity index is 2.25. The molecule has 2 rings (SSSR count). The standard InChI is InChI=1S/C13H9BrCl2N2O/c1-7-4-10(15)9(6-17-7)13(19)18-12-3-2-8(14)5-11(12)16/h2-6H,1H3,(H,18,19). The largest absolute Gasteiger partial charge is 0.321 e. The van der Waals surface area contributed by atoms with Gasteiger partial charge in [0.05, 0.1) is 21.3 Å². The molecule has 19 heavy (non-hydrogen) atoms. The van der Waals surface area contributed by atoms with E-state index in [0.717, 1.165) is 10.2 Å². The predicted octanol–water partition coefficient (Wildman–Crippen LogP) is 4.71. The Morgan fingerprint density at radius 2 is 2.00 bits per heavy atom. The molecule has 2 aromatic rings. The molecule has 0 aliphatic rings. The van der Waals surface area contributed by atoms with Gasteiger partial charge in [0.15, 0.2) is 0 Å². The summed E-state index contributed by atoms with van der Waals surface area (Å²) >= 11 is 15.3. The first-order chi connectivity index (χ1) is 8.97. The molecule has 1 heterocycles. The topological polar surface area (TPSA) is 42.0 Å². The molecule has 1 aromatic carbocycles. The smallest absolute Gasteiger partial charge is 0.258 e. The van der Waals surface area contributed by atoms with Gasteiger partial charge in [-0.3, -0.25) is 9.78 Å². The Kier molecular flexibility index (Phi) is 4.45. The number of nitrogens with one attached hydrogen (secondary N) is 1. The summed E-state index contributed by atoms with van der Waals surface area (Å²) in [5.74, 6) is -0.346. The monoisotopic (exact) mass is 358 g/mol. The number of nitrogens with zero attached hydrogens (tertiary/aromatic N) is 1. The van der Waals surface area contributed by atoms with Crippen molar-refractivity contribution in [3.8, 4) is 0 Å². The molecular formula is C13H9BrCl2N2O. The fourth-order valence-electron chi connectivity index (χ4n) is 1.47. The van der Waals surface area contributed by atoms with Gasteiger partial charge in [-0.1, -0.05) is 39.1 Å². The minimum atomic E-state index is -0.346. The van der Waals surface area contributed by atoms with E-state index in [1.54, 1.807) is 31.2 Å². The van der Waals surface area contributed by atoms with Gasteiger partial charge >= 0.3 is 0 Å². The summed E-state index contributed by atoms with van der Waals surface area (Å²) in [4.78, 5) is 16.1. The van der Waals surface area contributed by atoms with Gasteiger partial charge < -0.3 is 5.32 Å². The van der Waals surface area contributed by atoms with Crippen LogP contribution >= 0.6 is 39.1 Å². The first kappa shape index (κ1) is 14.3. The van der Waals surface area contributed by atoms with Crippen molar-refractivity contribution in [2.24, 2.45) is 0 Å². The number of hydrogen-bond acceptors (Lipinski definition) is 2. The van der Waals surface area contributed by atoms with Crippen LogP contribution in [0.25, 0.3) is 0 Å². The molecule has 1 amide bonds. The van der Waals surface area contributed by atoms with Crippen molar-refractivity contribution in [3.63, 3.8) is 0 Å². The lowest BCUT2D eigenvalue weighted by Gasteiger charge is -2.08. The van der Waals surface area contributed by atoms with Crippen molar-refractivity contribution < 1.29 is 4.79 Å². The van der Waals surface area contributed by atoms with Crippen LogP contribution < -0.4 is 5.32 Å². The van der Waals surface area contributed by atoms with E-state index in [2.05, 4.69) is 26.2 Å². The number of aromatic nitrogens is 1. The van der Waals surface area contributed by atoms with Gasteiger partial charge in [-0.15, -0.1) is 0 Å². The van der Waals surface area contributed by atoms with E-state index in [4.69, 9.17) is 23.2 Å². The third kappa shape index (κ3) is 3.47. The second kappa shape index (κ2) is 5.90. The van der Waals surface area contributed by atoms with Crippen molar-refractivity contribution in [1.82, 2.24) is 4.98 Å². The van der Waals surface area contributed by atoms with Crippen LogP contribution in [-0.2, 0) is 0 Å². The molecule has 0 aliphatic carbocycles. The normalized spacial score (nSPS) is 10.3. The highest BCUT2D eigenvalue weighted by Gasteiger charge is 2.13. The first-order valence-corrected chi connectivity index (χ1v) is 6.91. The Bertz CT molecular complexity index is 647. The molecule has 1 aromatic heterocycles. The van der Waals surface area contributed by atoms with Crippen LogP contribution in [0.1, 0.15) is 16.1 Å². The number of amides is 1. The van der Waals surface area contributed by atoms with Gasteiger partial charge in [0.1, 0.15) is 0 Å². The van der Waals surface area contributed by atoms with Crippen LogP contribution in [0.15, 0.2) is 34.9 Å². The van der Waals surface area contributed by atoms with Crippen LogP contribution in [-0.4, -0.2) is 10.9 Å². The molecule has 98 valence electrons. The van der Waals surface area contributed by atoms with Gasteiger partial charge in [-0.05, 0) is 31.2 Å². The molecular weight excluding hydrogens is 351 g/mol. The lowest BCUT2D eigenvalue weighted by Crippen LogP contribution is -2.13. The number of pyridine rings is 1. The van der Waals surface area contributed by atoms with Crippen molar-refractivity contribution in [2.45, 2.75) is 6.92 Å². The van der Waals surface area contributed by atoms with Gasteiger partial charge in [0.25, 0.3) is 5.91 Å². The van der Waals surface area contributed by atoms with E-state index >= 15 is 0 Å². The fourth-order valence-corrected chi connectivity index (χ4v) is 2.49. The minimum Gasteiger partial charge on any atom is -0.321 e. The SMILES string of the molecule is Cc1cc(Cl)c(C(=O)Nc2ccc(Br)cc2Cl)cn1. The molecule has 0 atom stereocenters. The Morgan fingerprint density at radius 1 is 1.26 bits per heavy atom. The number of anilines is 1. The Labute approximate surface area is 129 Å². The zero-order valence-electron chi connectivity index (χ0n) is 9.88. The zero-order chi connectivity index (χ0) is 14.0. The van der Waals surface area contributed by atoms with Crippen LogP contribution in [0, 0.1) is 6.92 Å². The van der Waals surface area contributed by atoms with Crippen LogP contribution in [0.2, 0.25) is 10.0 Å². The number of aryl methyl sites for hydroxylation is 1. The summed E-state index contributed by atoms with van der Waals surface area (Å²) in [6, 6.07) is 6.84. The van der Waals surface area contributed by atoms with E-state index < -0.39 is 0 Å². The van der Waals surface area contributed by atoms with Crippen molar-refractivity contribution in [1.29, 1.82) is 0 Å². The molecule has 0 fully saturated rings. The average molecular weight is 360 g/mol. The number of rotatable bonds is 2. The summed E-state index contributed by atoms with van der Waals surface area (Å²) in [6.45, 7) is 1.80. The minimum absolute atomic E-state index is 0.311. The van der Waals surface area contributed by atoms with Gasteiger partial charge in [-0.25, -0.2) is 0 Å². The van der Waals surface area contributed by atoms with E-state index in [1.165, 1.54) is 6.20 Å². The summed E-state index contributed by atoms with van der Waals surface area (Å²) in [7, 11) is 0. The number of carbonyl (C=O) groups is 1. The van der Waals surface area contributed by atoms with Gasteiger partial charge in [-0.2, -0.15) is 0 Å². The molecule has 6 heteroatoms. The maximum Gasteiger partial charge on any atom is 0.258 e. The molecule has 0 unspecified atom stereocenters. The third-order valence-electron chi connectivity index (χ3n) is 2.41. The van der Waals surface area contributed by atoms with E-state index in [-0.39, 0.29) is 5.91 Å². The molecule has 0 saturated carbocycles. The molecule has 1 N–H and O–H groups in total. The molecule has 0 aliphatic heterocycles. The Hall–Kier alpha value is -1.10. The lowest BCUT2D eigenvalue weighted by molar-refractivity contribution is 0.102. The highest BCUT2D eigenvalue weighted by atomic mass is 79.9. The predicted molar refractivity (Wildman–Crippen MR) is 81.1 cm³/mol. The number of hydrogen-bond donors (Lipinski definition) is 1. The van der Waals surface area contributed by atoms with Crippen molar-refractivity contribution in [2.75, 3.05) is 5.32 Å². The summed E-state index contributed by atoms with van der Waals surface area (Å²) < 4.78 is 0.838. The summed E-state index contributed by atoms with van der Waals surface area (Å²) in [6.07, 6.45) is 1.44. The summed E-state index contributed by atoms with van der Waals surface area (Å²) in [5, 5.41) is 3.50. The number of halogens is 3. The average Bonchev–Trinajstić information content (AvgIpc) is 2.32. The summed E-state index contributed by atoms with van der Waals surface area (Å²) in [5.41, 5.74) is 1.58. The van der Waals surface area contributed by atoms with E-state index in [9.17, 15) is 4.79 Å². The van der Waals surface area contributed by atoms with E-state index in [0.29, 0.717) is 21.3 Å². The first-order valence-electron chi connectivity index (χ1n) is 5.36. The highest BCUT2D eigenvalue weighted by molar-refractivity contribution is 9.10. The van der Waals surface area contributed by atoms with Crippen molar-refractivity contribution >= 4 is 50.7 Å². The van der Waals surface area contributed by atoms with Crippen LogP contribution in [0.4, 0.5) is 5.69 Å². The molecule has 0 saturated heterocycles. The second-order valence-corrected chi connectivity index (χ2v) is 5.61. The van der Waals surface area contributed by atoms with Gasteiger partial charge in [0, 0.05) is 16.4 Å². The van der Waals surface area contributed by atoms with Crippen LogP contribution in [0.5, 0.6) is 0 Å². The zero-order valence-corrected chi connectivity index (χ0v) is 13.0. The maximum absolute atomic E-state index is 12.1. The maximum atomic E-state index is 12.1. The van der Waals surface area contributed by atoms with Crippen molar-refractivity contribution in [3.05, 3.63) is 56.2 Å². The number of benzene rings is 1. The molecule has 0 spiro atoms. The van der Waals surface area contributed by atoms with Gasteiger partial charge in [0.2, 0.25) is 0 Å². The fraction of sp³-hybridized carbons (Fsp3) is 0.0769.